The number of nitrogens with zero attached hydrogens (tertiary/aromatic N) is 1. The van der Waals surface area contributed by atoms with Gasteiger partial charge in [0.05, 0.1) is 12.3 Å². The third kappa shape index (κ3) is 4.49. The van der Waals surface area contributed by atoms with Gasteiger partial charge in [-0.05, 0) is 26.3 Å². The molecule has 0 aromatic carbocycles. The summed E-state index contributed by atoms with van der Waals surface area (Å²) in [7, 11) is 1.57. The van der Waals surface area contributed by atoms with Gasteiger partial charge in [0.1, 0.15) is 5.69 Å². The molecular formula is C14H23N3O4. The Morgan fingerprint density at radius 3 is 2.71 bits per heavy atom. The Balaban J connectivity index is 2.88. The second-order valence-corrected chi connectivity index (χ2v) is 4.92. The number of H-pyrrole nitrogens is 1. The molecule has 0 aliphatic carbocycles. The average Bonchev–Trinajstić information content (AvgIpc) is 2.79. The third-order valence-corrected chi connectivity index (χ3v) is 3.33. The van der Waals surface area contributed by atoms with E-state index < -0.39 is 5.97 Å². The van der Waals surface area contributed by atoms with Gasteiger partial charge in [-0.25, -0.2) is 9.59 Å². The maximum absolute atomic E-state index is 12.4. The fraction of sp³-hybridized carbons (Fsp3) is 0.571. The normalized spacial score (nSPS) is 12.0. The number of nitrogens with one attached hydrogen (secondary N) is 2. The number of ether oxygens (including phenoxy) is 1. The lowest BCUT2D eigenvalue weighted by atomic mass is 10.2. The summed E-state index contributed by atoms with van der Waals surface area (Å²) in [6, 6.07) is 1.31. The van der Waals surface area contributed by atoms with Crippen LogP contribution in [0.3, 0.4) is 0 Å². The summed E-state index contributed by atoms with van der Waals surface area (Å²) in [6.07, 6.45) is 0.801. The lowest BCUT2D eigenvalue weighted by molar-refractivity contribution is 0.0692. The number of carboxylic acids is 1. The summed E-state index contributed by atoms with van der Waals surface area (Å²) < 4.78 is 5.01. The highest BCUT2D eigenvalue weighted by Gasteiger charge is 2.21. The minimum Gasteiger partial charge on any atom is -0.477 e. The first-order valence-corrected chi connectivity index (χ1v) is 6.90. The van der Waals surface area contributed by atoms with Gasteiger partial charge in [-0.2, -0.15) is 0 Å². The van der Waals surface area contributed by atoms with Crippen molar-refractivity contribution in [2.24, 2.45) is 0 Å². The van der Waals surface area contributed by atoms with E-state index in [1.54, 1.807) is 25.0 Å². The van der Waals surface area contributed by atoms with Crippen molar-refractivity contribution >= 4 is 17.7 Å². The Kier molecular flexibility index (Phi) is 6.23. The Hall–Kier alpha value is -2.02. The van der Waals surface area contributed by atoms with Gasteiger partial charge in [0.15, 0.2) is 0 Å². The van der Waals surface area contributed by atoms with Crippen molar-refractivity contribution in [2.45, 2.75) is 33.2 Å². The number of aryl methyl sites for hydroxylation is 1. The second kappa shape index (κ2) is 7.68. The molecule has 1 atom stereocenters. The number of anilines is 1. The van der Waals surface area contributed by atoms with Gasteiger partial charge < -0.3 is 25.0 Å². The van der Waals surface area contributed by atoms with E-state index in [0.29, 0.717) is 18.8 Å². The van der Waals surface area contributed by atoms with Crippen LogP contribution in [0.1, 0.15) is 36.5 Å². The molecule has 0 fully saturated rings. The molecule has 0 aliphatic heterocycles. The molecule has 2 amide bonds. The quantitative estimate of drug-likeness (QED) is 0.719. The lowest BCUT2D eigenvalue weighted by Gasteiger charge is -2.28. The van der Waals surface area contributed by atoms with E-state index in [0.717, 1.165) is 6.42 Å². The molecule has 1 aromatic rings. The smallest absolute Gasteiger partial charge is 0.354 e. The van der Waals surface area contributed by atoms with Crippen molar-refractivity contribution in [1.29, 1.82) is 0 Å². The first-order chi connectivity index (χ1) is 9.90. The molecular weight excluding hydrogens is 274 g/mol. The Morgan fingerprint density at radius 2 is 2.19 bits per heavy atom. The number of aromatic carboxylic acids is 1. The van der Waals surface area contributed by atoms with Crippen LogP contribution in [0.15, 0.2) is 6.07 Å². The van der Waals surface area contributed by atoms with Crippen molar-refractivity contribution in [3.8, 4) is 0 Å². The zero-order valence-electron chi connectivity index (χ0n) is 12.9. The predicted molar refractivity (Wildman–Crippen MR) is 79.8 cm³/mol. The van der Waals surface area contributed by atoms with E-state index in [2.05, 4.69) is 10.3 Å². The summed E-state index contributed by atoms with van der Waals surface area (Å²) in [5, 5.41) is 11.8. The molecule has 0 saturated heterocycles. The molecule has 0 bridgehead atoms. The highest BCUT2D eigenvalue weighted by Crippen LogP contribution is 2.18. The van der Waals surface area contributed by atoms with Crippen molar-refractivity contribution in [3.05, 3.63) is 17.5 Å². The Morgan fingerprint density at radius 1 is 1.52 bits per heavy atom. The topological polar surface area (TPSA) is 94.7 Å². The van der Waals surface area contributed by atoms with Crippen LogP contribution >= 0.6 is 0 Å². The minimum absolute atomic E-state index is 0.0170. The summed E-state index contributed by atoms with van der Waals surface area (Å²) in [4.78, 5) is 27.8. The summed E-state index contributed by atoms with van der Waals surface area (Å²) in [5.41, 5.74) is 0.932. The predicted octanol–water partition coefficient (Wildman–Crippen LogP) is 2.30. The van der Waals surface area contributed by atoms with Crippen molar-refractivity contribution in [1.82, 2.24) is 9.88 Å². The van der Waals surface area contributed by atoms with Crippen molar-refractivity contribution < 1.29 is 19.4 Å². The van der Waals surface area contributed by atoms with E-state index in [1.807, 2.05) is 13.8 Å². The molecule has 7 heteroatoms. The van der Waals surface area contributed by atoms with E-state index in [9.17, 15) is 9.59 Å². The van der Waals surface area contributed by atoms with Gasteiger partial charge in [0.2, 0.25) is 0 Å². The maximum atomic E-state index is 12.4. The highest BCUT2D eigenvalue weighted by atomic mass is 16.5. The van der Waals surface area contributed by atoms with Crippen LogP contribution < -0.4 is 5.32 Å². The van der Waals surface area contributed by atoms with Crippen LogP contribution in [0.2, 0.25) is 0 Å². The summed E-state index contributed by atoms with van der Waals surface area (Å²) in [6.45, 7) is 6.54. The van der Waals surface area contributed by atoms with Crippen LogP contribution in [0.5, 0.6) is 0 Å². The van der Waals surface area contributed by atoms with Gasteiger partial charge in [-0.1, -0.05) is 6.92 Å². The van der Waals surface area contributed by atoms with Crippen LogP contribution in [0.4, 0.5) is 10.5 Å². The van der Waals surface area contributed by atoms with Crippen LogP contribution in [0, 0.1) is 6.92 Å². The summed E-state index contributed by atoms with van der Waals surface area (Å²) in [5.74, 6) is -1.11. The van der Waals surface area contributed by atoms with E-state index >= 15 is 0 Å². The van der Waals surface area contributed by atoms with E-state index in [1.165, 1.54) is 0 Å². The number of aromatic nitrogens is 1. The SMILES string of the molecule is CCC(C)N(CCOC)C(=O)Nc1cc(C)[nH]c1C(=O)O. The molecule has 0 spiro atoms. The number of urea groups is 1. The average molecular weight is 297 g/mol. The molecule has 7 nitrogen and oxygen atoms in total. The molecule has 1 aromatic heterocycles. The molecule has 1 rings (SSSR count). The fourth-order valence-corrected chi connectivity index (χ4v) is 1.98. The molecule has 0 aliphatic rings. The number of amides is 2. The molecule has 3 N–H and O–H groups in total. The first kappa shape index (κ1) is 17.0. The molecule has 0 radical (unpaired) electrons. The van der Waals surface area contributed by atoms with Crippen LogP contribution in [-0.4, -0.2) is 53.3 Å². The number of carboxylic acid groups (broad SMARTS) is 1. The second-order valence-electron chi connectivity index (χ2n) is 4.92. The van der Waals surface area contributed by atoms with E-state index in [-0.39, 0.29) is 23.5 Å². The number of hydrogen-bond acceptors (Lipinski definition) is 3. The standard InChI is InChI=1S/C14H23N3O4/c1-5-10(3)17(6-7-21-4)14(20)16-11-8-9(2)15-12(11)13(18)19/h8,10,15H,5-7H2,1-4H3,(H,16,20)(H,18,19). The van der Waals surface area contributed by atoms with Crippen LogP contribution in [0.25, 0.3) is 0 Å². The van der Waals surface area contributed by atoms with Crippen LogP contribution in [-0.2, 0) is 4.74 Å². The van der Waals surface area contributed by atoms with Gasteiger partial charge in [0, 0.05) is 25.4 Å². The zero-order chi connectivity index (χ0) is 16.0. The number of methoxy groups -OCH3 is 1. The van der Waals surface area contributed by atoms with Gasteiger partial charge >= 0.3 is 12.0 Å². The minimum atomic E-state index is -1.11. The Bertz CT molecular complexity index is 498. The lowest BCUT2D eigenvalue weighted by Crippen LogP contribution is -2.43. The van der Waals surface area contributed by atoms with Crippen molar-refractivity contribution in [3.63, 3.8) is 0 Å². The molecule has 1 heterocycles. The highest BCUT2D eigenvalue weighted by molar-refractivity contribution is 5.99. The largest absolute Gasteiger partial charge is 0.477 e. The third-order valence-electron chi connectivity index (χ3n) is 3.33. The van der Waals surface area contributed by atoms with Crippen molar-refractivity contribution in [2.75, 3.05) is 25.6 Å². The van der Waals surface area contributed by atoms with E-state index in [4.69, 9.17) is 9.84 Å². The van der Waals surface area contributed by atoms with Gasteiger partial charge in [-0.3, -0.25) is 0 Å². The summed E-state index contributed by atoms with van der Waals surface area (Å²) >= 11 is 0. The monoisotopic (exact) mass is 297 g/mol. The fourth-order valence-electron chi connectivity index (χ4n) is 1.98. The molecule has 118 valence electrons. The Labute approximate surface area is 124 Å². The maximum Gasteiger partial charge on any atom is 0.354 e. The molecule has 21 heavy (non-hydrogen) atoms. The number of hydrogen-bond donors (Lipinski definition) is 3. The van der Waals surface area contributed by atoms with Gasteiger partial charge in [0.25, 0.3) is 0 Å². The molecule has 0 saturated carbocycles. The van der Waals surface area contributed by atoms with Gasteiger partial charge in [-0.15, -0.1) is 0 Å². The zero-order valence-corrected chi connectivity index (χ0v) is 12.9. The molecule has 1 unspecified atom stereocenters. The number of carbonyl (C=O) groups excluding carboxylic acids is 1. The number of rotatable bonds is 7. The first-order valence-electron chi connectivity index (χ1n) is 6.90. The number of aromatic amines is 1. The number of carbonyl (C=O) groups is 2.